The highest BCUT2D eigenvalue weighted by atomic mass is 32.2. The molecule has 0 aliphatic rings. The van der Waals surface area contributed by atoms with Gasteiger partial charge in [0.2, 0.25) is 0 Å². The standard InChI is InChI=1S/C13H15N3O4S/c1-21-10-3-2-9(16(19)20)11-8(5-15-12(10)11)4-13(14,6-17)7-18/h2-3,5-6,15,18H,4,7,14H2,1H3/t13-/m0/s1. The Kier molecular flexibility index (Phi) is 4.31. The molecule has 1 aromatic carbocycles. The van der Waals surface area contributed by atoms with Crippen LogP contribution in [-0.4, -0.2) is 39.7 Å². The van der Waals surface area contributed by atoms with Gasteiger partial charge in [-0.05, 0) is 17.9 Å². The molecule has 21 heavy (non-hydrogen) atoms. The fourth-order valence-corrected chi connectivity index (χ4v) is 2.79. The first-order valence-electron chi connectivity index (χ1n) is 6.13. The van der Waals surface area contributed by atoms with E-state index in [0.29, 0.717) is 22.8 Å². The maximum atomic E-state index is 11.2. The van der Waals surface area contributed by atoms with Crippen molar-refractivity contribution in [3.05, 3.63) is 34.0 Å². The lowest BCUT2D eigenvalue weighted by Gasteiger charge is -2.19. The number of aliphatic hydroxyl groups excluding tert-OH is 1. The summed E-state index contributed by atoms with van der Waals surface area (Å²) in [4.78, 5) is 25.6. The highest BCUT2D eigenvalue weighted by Crippen LogP contribution is 2.35. The van der Waals surface area contributed by atoms with Crippen LogP contribution in [0.1, 0.15) is 5.56 Å². The van der Waals surface area contributed by atoms with Gasteiger partial charge >= 0.3 is 0 Å². The van der Waals surface area contributed by atoms with Gasteiger partial charge in [-0.1, -0.05) is 0 Å². The largest absolute Gasteiger partial charge is 0.394 e. The SMILES string of the molecule is CSc1ccc([N+](=O)[O-])c2c(C[C@](N)(C=O)CO)c[nH]c12. The summed E-state index contributed by atoms with van der Waals surface area (Å²) in [6, 6.07) is 3.11. The smallest absolute Gasteiger partial charge is 0.279 e. The molecule has 8 heteroatoms. The maximum Gasteiger partial charge on any atom is 0.279 e. The summed E-state index contributed by atoms with van der Waals surface area (Å²) in [5.74, 6) is 0. The third-order valence-electron chi connectivity index (χ3n) is 3.32. The van der Waals surface area contributed by atoms with Gasteiger partial charge in [0.15, 0.2) is 0 Å². The molecule has 1 heterocycles. The monoisotopic (exact) mass is 309 g/mol. The summed E-state index contributed by atoms with van der Waals surface area (Å²) in [6.45, 7) is -0.529. The second-order valence-corrected chi connectivity index (χ2v) is 5.64. The number of carbonyl (C=O) groups excluding carboxylic acids is 1. The van der Waals surface area contributed by atoms with E-state index in [1.165, 1.54) is 17.8 Å². The number of thioether (sulfide) groups is 1. The normalized spacial score (nSPS) is 14.0. The van der Waals surface area contributed by atoms with E-state index in [1.54, 1.807) is 12.3 Å². The van der Waals surface area contributed by atoms with Crippen LogP contribution in [0.5, 0.6) is 0 Å². The number of H-pyrrole nitrogens is 1. The molecule has 0 saturated heterocycles. The quantitative estimate of drug-likeness (QED) is 0.319. The van der Waals surface area contributed by atoms with Gasteiger partial charge in [0.05, 0.1) is 28.0 Å². The second kappa shape index (κ2) is 5.84. The van der Waals surface area contributed by atoms with Gasteiger partial charge in [-0.3, -0.25) is 10.1 Å². The Bertz CT molecular complexity index is 700. The van der Waals surface area contributed by atoms with Crippen molar-refractivity contribution in [2.24, 2.45) is 5.73 Å². The Morgan fingerprint density at radius 2 is 2.29 bits per heavy atom. The molecule has 0 aliphatic heterocycles. The van der Waals surface area contributed by atoms with Crippen LogP contribution >= 0.6 is 11.8 Å². The van der Waals surface area contributed by atoms with Crippen molar-refractivity contribution in [2.45, 2.75) is 16.9 Å². The van der Waals surface area contributed by atoms with Gasteiger partial charge in [0.25, 0.3) is 5.69 Å². The fraction of sp³-hybridized carbons (Fsp3) is 0.308. The molecule has 0 radical (unpaired) electrons. The van der Waals surface area contributed by atoms with E-state index >= 15 is 0 Å². The number of nitro groups is 1. The number of hydrogen-bond donors (Lipinski definition) is 3. The molecule has 2 aromatic rings. The van der Waals surface area contributed by atoms with E-state index in [1.807, 2.05) is 6.26 Å². The number of aromatic amines is 1. The summed E-state index contributed by atoms with van der Waals surface area (Å²) in [7, 11) is 0. The maximum absolute atomic E-state index is 11.2. The van der Waals surface area contributed by atoms with Crippen molar-refractivity contribution in [2.75, 3.05) is 12.9 Å². The molecule has 1 atom stereocenters. The number of non-ortho nitro benzene ring substituents is 1. The second-order valence-electron chi connectivity index (χ2n) is 4.79. The van der Waals surface area contributed by atoms with Crippen molar-refractivity contribution in [3.63, 3.8) is 0 Å². The number of fused-ring (bicyclic) bond motifs is 1. The van der Waals surface area contributed by atoms with Crippen LogP contribution in [0.15, 0.2) is 23.2 Å². The Hall–Kier alpha value is -1.90. The summed E-state index contributed by atoms with van der Waals surface area (Å²) in [6.07, 6.45) is 3.95. The van der Waals surface area contributed by atoms with E-state index < -0.39 is 17.1 Å². The number of nitro benzene ring substituents is 1. The zero-order valence-electron chi connectivity index (χ0n) is 11.3. The van der Waals surface area contributed by atoms with E-state index in [4.69, 9.17) is 5.73 Å². The first-order chi connectivity index (χ1) is 9.95. The molecule has 0 spiro atoms. The van der Waals surface area contributed by atoms with Crippen LogP contribution in [0.2, 0.25) is 0 Å². The molecule has 7 nitrogen and oxygen atoms in total. The minimum atomic E-state index is -1.45. The summed E-state index contributed by atoms with van der Waals surface area (Å²) >= 11 is 1.46. The Balaban J connectivity index is 2.65. The van der Waals surface area contributed by atoms with E-state index in [9.17, 15) is 20.0 Å². The number of rotatable bonds is 6. The van der Waals surface area contributed by atoms with Crippen LogP contribution in [0.3, 0.4) is 0 Å². The van der Waals surface area contributed by atoms with E-state index in [0.717, 1.165) is 4.90 Å². The lowest BCUT2D eigenvalue weighted by Crippen LogP contribution is -2.47. The number of carbonyl (C=O) groups is 1. The molecular weight excluding hydrogens is 294 g/mol. The van der Waals surface area contributed by atoms with Gasteiger partial charge in [-0.15, -0.1) is 11.8 Å². The first-order valence-corrected chi connectivity index (χ1v) is 7.35. The Morgan fingerprint density at radius 1 is 1.57 bits per heavy atom. The number of nitrogens with two attached hydrogens (primary N) is 1. The molecule has 0 bridgehead atoms. The van der Waals surface area contributed by atoms with Crippen LogP contribution in [0, 0.1) is 10.1 Å². The molecule has 112 valence electrons. The number of aliphatic hydroxyl groups is 1. The molecule has 4 N–H and O–H groups in total. The van der Waals surface area contributed by atoms with Crippen LogP contribution in [-0.2, 0) is 11.2 Å². The van der Waals surface area contributed by atoms with Gasteiger partial charge < -0.3 is 20.6 Å². The molecule has 1 aromatic heterocycles. The minimum Gasteiger partial charge on any atom is -0.394 e. The molecule has 0 saturated carbocycles. The van der Waals surface area contributed by atoms with E-state index in [-0.39, 0.29) is 12.1 Å². The molecular formula is C13H15N3O4S. The van der Waals surface area contributed by atoms with E-state index in [2.05, 4.69) is 4.98 Å². The molecule has 0 fully saturated rings. The minimum absolute atomic E-state index is 0.0195. The zero-order valence-corrected chi connectivity index (χ0v) is 12.1. The third-order valence-corrected chi connectivity index (χ3v) is 4.10. The van der Waals surface area contributed by atoms with Gasteiger partial charge in [0.1, 0.15) is 6.29 Å². The summed E-state index contributed by atoms with van der Waals surface area (Å²) in [5, 5.41) is 20.9. The molecule has 2 rings (SSSR count). The Labute approximate surface area is 124 Å². The number of aromatic nitrogens is 1. The lowest BCUT2D eigenvalue weighted by molar-refractivity contribution is -0.383. The zero-order chi connectivity index (χ0) is 15.6. The van der Waals surface area contributed by atoms with Crippen LogP contribution in [0.4, 0.5) is 5.69 Å². The average Bonchev–Trinajstić information content (AvgIpc) is 2.89. The Morgan fingerprint density at radius 3 is 2.81 bits per heavy atom. The number of nitrogens with one attached hydrogen (secondary N) is 1. The predicted octanol–water partition coefficient (Wildman–Crippen LogP) is 1.23. The van der Waals surface area contributed by atoms with Crippen molar-refractivity contribution in [1.29, 1.82) is 0 Å². The van der Waals surface area contributed by atoms with Gasteiger partial charge in [-0.25, -0.2) is 0 Å². The van der Waals surface area contributed by atoms with Crippen molar-refractivity contribution < 1.29 is 14.8 Å². The lowest BCUT2D eigenvalue weighted by atomic mass is 9.93. The third kappa shape index (κ3) is 2.78. The van der Waals surface area contributed by atoms with Crippen molar-refractivity contribution in [1.82, 2.24) is 4.98 Å². The van der Waals surface area contributed by atoms with Crippen molar-refractivity contribution in [3.8, 4) is 0 Å². The van der Waals surface area contributed by atoms with Gasteiger partial charge in [-0.2, -0.15) is 0 Å². The topological polar surface area (TPSA) is 122 Å². The highest BCUT2D eigenvalue weighted by molar-refractivity contribution is 7.98. The summed E-state index contributed by atoms with van der Waals surface area (Å²) < 4.78 is 0. The molecule has 0 unspecified atom stereocenters. The number of nitrogens with zero attached hydrogens (tertiary/aromatic N) is 1. The van der Waals surface area contributed by atoms with Crippen molar-refractivity contribution >= 4 is 34.6 Å². The first kappa shape index (κ1) is 15.5. The predicted molar refractivity (Wildman–Crippen MR) is 80.5 cm³/mol. The van der Waals surface area contributed by atoms with Crippen LogP contribution in [0.25, 0.3) is 10.9 Å². The number of hydrogen-bond acceptors (Lipinski definition) is 6. The summed E-state index contributed by atoms with van der Waals surface area (Å²) in [5.41, 5.74) is 5.45. The fourth-order valence-electron chi connectivity index (χ4n) is 2.22. The average molecular weight is 309 g/mol. The van der Waals surface area contributed by atoms with Crippen LogP contribution < -0.4 is 5.73 Å². The number of aldehydes is 1. The number of benzene rings is 1. The van der Waals surface area contributed by atoms with Gasteiger partial charge in [0, 0.05) is 23.6 Å². The molecule has 0 aliphatic carbocycles. The molecule has 0 amide bonds. The highest BCUT2D eigenvalue weighted by Gasteiger charge is 2.28.